The van der Waals surface area contributed by atoms with Crippen LogP contribution in [0.3, 0.4) is 0 Å². The monoisotopic (exact) mass is 204 g/mol. The largest absolute Gasteiger partial charge is 0.314 e. The highest BCUT2D eigenvalue weighted by Crippen LogP contribution is 2.13. The summed E-state index contributed by atoms with van der Waals surface area (Å²) in [6.07, 6.45) is 0. The molecule has 1 atom stereocenters. The lowest BCUT2D eigenvalue weighted by Gasteiger charge is -2.34. The number of nitrogens with zero attached hydrogens (tertiary/aromatic N) is 1. The van der Waals surface area contributed by atoms with Crippen LogP contribution in [0.2, 0.25) is 0 Å². The highest BCUT2D eigenvalue weighted by molar-refractivity contribution is 5.25. The van der Waals surface area contributed by atoms with Gasteiger partial charge in [0.1, 0.15) is 0 Å². The first-order chi connectivity index (χ1) is 7.27. The smallest absolute Gasteiger partial charge is 0.0240 e. The molecule has 0 amide bonds. The Labute approximate surface area is 92.3 Å². The van der Waals surface area contributed by atoms with Crippen LogP contribution in [0.1, 0.15) is 18.1 Å². The van der Waals surface area contributed by atoms with Gasteiger partial charge in [-0.2, -0.15) is 0 Å². The van der Waals surface area contributed by atoms with Gasteiger partial charge >= 0.3 is 0 Å². The Morgan fingerprint density at radius 3 is 2.93 bits per heavy atom. The summed E-state index contributed by atoms with van der Waals surface area (Å²) in [5.74, 6) is 0. The molecular formula is C13H20N2. The van der Waals surface area contributed by atoms with Crippen molar-refractivity contribution in [3.63, 3.8) is 0 Å². The number of hydrogen-bond donors (Lipinski definition) is 1. The van der Waals surface area contributed by atoms with Crippen LogP contribution < -0.4 is 5.32 Å². The van der Waals surface area contributed by atoms with Crippen LogP contribution in [0.4, 0.5) is 0 Å². The van der Waals surface area contributed by atoms with Gasteiger partial charge in [0.15, 0.2) is 0 Å². The van der Waals surface area contributed by atoms with E-state index in [4.69, 9.17) is 0 Å². The van der Waals surface area contributed by atoms with Crippen LogP contribution in [0, 0.1) is 6.92 Å². The number of piperazine rings is 1. The first-order valence-corrected chi connectivity index (χ1v) is 5.76. The highest BCUT2D eigenvalue weighted by Gasteiger charge is 2.17. The fourth-order valence-electron chi connectivity index (χ4n) is 2.12. The van der Waals surface area contributed by atoms with Crippen molar-refractivity contribution in [3.05, 3.63) is 35.4 Å². The maximum absolute atomic E-state index is 3.42. The normalized spacial score (nSPS) is 22.9. The van der Waals surface area contributed by atoms with E-state index in [2.05, 4.69) is 48.3 Å². The van der Waals surface area contributed by atoms with E-state index in [0.29, 0.717) is 6.04 Å². The Kier molecular flexibility index (Phi) is 3.39. The Balaban J connectivity index is 2.04. The molecule has 1 heterocycles. The predicted octanol–water partition coefficient (Wildman–Crippen LogP) is 1.79. The maximum Gasteiger partial charge on any atom is 0.0240 e. The third-order valence-corrected chi connectivity index (χ3v) is 3.27. The molecule has 1 fully saturated rings. The molecule has 0 aliphatic carbocycles. The Morgan fingerprint density at radius 2 is 2.20 bits per heavy atom. The molecule has 1 aliphatic heterocycles. The Hall–Kier alpha value is -0.860. The second-order valence-electron chi connectivity index (χ2n) is 4.45. The fourth-order valence-corrected chi connectivity index (χ4v) is 2.12. The lowest BCUT2D eigenvalue weighted by molar-refractivity contribution is 0.165. The number of hydrogen-bond acceptors (Lipinski definition) is 2. The van der Waals surface area contributed by atoms with Gasteiger partial charge in [0.2, 0.25) is 0 Å². The SMILES string of the molecule is Cc1ccccc1CN1CCNC[C@H]1C. The van der Waals surface area contributed by atoms with Gasteiger partial charge in [-0.1, -0.05) is 24.3 Å². The quantitative estimate of drug-likeness (QED) is 0.790. The van der Waals surface area contributed by atoms with Crippen molar-refractivity contribution >= 4 is 0 Å². The van der Waals surface area contributed by atoms with Crippen LogP contribution in [-0.4, -0.2) is 30.6 Å². The number of benzene rings is 1. The summed E-state index contributed by atoms with van der Waals surface area (Å²) in [6.45, 7) is 8.99. The minimum absolute atomic E-state index is 0.651. The number of aryl methyl sites for hydroxylation is 1. The minimum atomic E-state index is 0.651. The molecule has 2 heteroatoms. The minimum Gasteiger partial charge on any atom is -0.314 e. The second kappa shape index (κ2) is 4.77. The van der Waals surface area contributed by atoms with Crippen LogP contribution in [-0.2, 0) is 6.54 Å². The van der Waals surface area contributed by atoms with E-state index < -0.39 is 0 Å². The maximum atomic E-state index is 3.42. The zero-order valence-electron chi connectivity index (χ0n) is 9.66. The zero-order chi connectivity index (χ0) is 10.7. The van der Waals surface area contributed by atoms with E-state index in [9.17, 15) is 0 Å². The summed E-state index contributed by atoms with van der Waals surface area (Å²) < 4.78 is 0. The molecule has 1 aromatic rings. The molecule has 0 saturated carbocycles. The molecule has 0 bridgehead atoms. The van der Waals surface area contributed by atoms with Gasteiger partial charge in [0, 0.05) is 32.2 Å². The molecule has 0 radical (unpaired) electrons. The van der Waals surface area contributed by atoms with Crippen molar-refractivity contribution in [3.8, 4) is 0 Å². The summed E-state index contributed by atoms with van der Waals surface area (Å²) in [5, 5.41) is 3.42. The van der Waals surface area contributed by atoms with Crippen molar-refractivity contribution < 1.29 is 0 Å². The molecule has 1 aliphatic rings. The molecule has 2 nitrogen and oxygen atoms in total. The summed E-state index contributed by atoms with van der Waals surface area (Å²) in [5.41, 5.74) is 2.87. The third-order valence-electron chi connectivity index (χ3n) is 3.27. The topological polar surface area (TPSA) is 15.3 Å². The van der Waals surface area contributed by atoms with Crippen LogP contribution in [0.5, 0.6) is 0 Å². The third kappa shape index (κ3) is 2.58. The summed E-state index contributed by atoms with van der Waals surface area (Å²) in [6, 6.07) is 9.33. The molecule has 82 valence electrons. The lowest BCUT2D eigenvalue weighted by Crippen LogP contribution is -2.49. The number of rotatable bonds is 2. The summed E-state index contributed by atoms with van der Waals surface area (Å²) in [4.78, 5) is 2.55. The standard InChI is InChI=1S/C13H20N2/c1-11-5-3-4-6-13(11)10-15-8-7-14-9-12(15)2/h3-6,12,14H,7-10H2,1-2H3/t12-/m1/s1. The van der Waals surface area contributed by atoms with Gasteiger partial charge in [0.25, 0.3) is 0 Å². The second-order valence-corrected chi connectivity index (χ2v) is 4.45. The summed E-state index contributed by atoms with van der Waals surface area (Å²) in [7, 11) is 0. The number of nitrogens with one attached hydrogen (secondary N) is 1. The first-order valence-electron chi connectivity index (χ1n) is 5.76. The van der Waals surface area contributed by atoms with Gasteiger partial charge in [-0.15, -0.1) is 0 Å². The van der Waals surface area contributed by atoms with E-state index in [0.717, 1.165) is 26.2 Å². The zero-order valence-corrected chi connectivity index (χ0v) is 9.66. The Morgan fingerprint density at radius 1 is 1.40 bits per heavy atom. The first kappa shape index (κ1) is 10.7. The van der Waals surface area contributed by atoms with Crippen molar-refractivity contribution in [1.82, 2.24) is 10.2 Å². The molecule has 0 unspecified atom stereocenters. The molecule has 1 aromatic carbocycles. The van der Waals surface area contributed by atoms with Crippen molar-refractivity contribution in [2.24, 2.45) is 0 Å². The van der Waals surface area contributed by atoms with E-state index in [1.165, 1.54) is 11.1 Å². The predicted molar refractivity (Wildman–Crippen MR) is 63.9 cm³/mol. The van der Waals surface area contributed by atoms with Gasteiger partial charge in [-0.25, -0.2) is 0 Å². The highest BCUT2D eigenvalue weighted by atomic mass is 15.2. The van der Waals surface area contributed by atoms with Crippen molar-refractivity contribution in [1.29, 1.82) is 0 Å². The molecule has 1 N–H and O–H groups in total. The van der Waals surface area contributed by atoms with E-state index in [1.807, 2.05) is 0 Å². The Bertz CT molecular complexity index is 322. The van der Waals surface area contributed by atoms with Crippen molar-refractivity contribution in [2.75, 3.05) is 19.6 Å². The molecule has 1 saturated heterocycles. The van der Waals surface area contributed by atoms with Crippen LogP contribution >= 0.6 is 0 Å². The van der Waals surface area contributed by atoms with Gasteiger partial charge in [-0.3, -0.25) is 4.90 Å². The molecular weight excluding hydrogens is 184 g/mol. The average Bonchev–Trinajstić information content (AvgIpc) is 2.24. The summed E-state index contributed by atoms with van der Waals surface area (Å²) >= 11 is 0. The van der Waals surface area contributed by atoms with Gasteiger partial charge in [-0.05, 0) is 25.0 Å². The lowest BCUT2D eigenvalue weighted by atomic mass is 10.1. The molecule has 15 heavy (non-hydrogen) atoms. The molecule has 0 spiro atoms. The van der Waals surface area contributed by atoms with E-state index >= 15 is 0 Å². The average molecular weight is 204 g/mol. The molecule has 0 aromatic heterocycles. The van der Waals surface area contributed by atoms with Gasteiger partial charge in [0.05, 0.1) is 0 Å². The van der Waals surface area contributed by atoms with Crippen molar-refractivity contribution in [2.45, 2.75) is 26.4 Å². The van der Waals surface area contributed by atoms with E-state index in [-0.39, 0.29) is 0 Å². The fraction of sp³-hybridized carbons (Fsp3) is 0.538. The van der Waals surface area contributed by atoms with Crippen LogP contribution in [0.15, 0.2) is 24.3 Å². The van der Waals surface area contributed by atoms with Gasteiger partial charge < -0.3 is 5.32 Å². The van der Waals surface area contributed by atoms with E-state index in [1.54, 1.807) is 0 Å². The molecule has 2 rings (SSSR count). The van der Waals surface area contributed by atoms with Crippen LogP contribution in [0.25, 0.3) is 0 Å².